The van der Waals surface area contributed by atoms with E-state index in [4.69, 9.17) is 5.73 Å². The second kappa shape index (κ2) is 9.05. The fourth-order valence-corrected chi connectivity index (χ4v) is 6.27. The summed E-state index contributed by atoms with van der Waals surface area (Å²) >= 11 is 4.13. The van der Waals surface area contributed by atoms with E-state index in [1.807, 2.05) is 0 Å². The van der Waals surface area contributed by atoms with Gasteiger partial charge in [0.25, 0.3) is 0 Å². The monoisotopic (exact) mass is 548 g/mol. The Morgan fingerprint density at radius 1 is 0.879 bits per heavy atom. The van der Waals surface area contributed by atoms with Crippen LogP contribution in [0.15, 0.2) is 87.1 Å². The Morgan fingerprint density at radius 3 is 2.00 bits per heavy atom. The maximum absolute atomic E-state index is 13.5. The molecule has 10 heteroatoms. The minimum atomic E-state index is -4.13. The van der Waals surface area contributed by atoms with Crippen molar-refractivity contribution < 1.29 is 22.0 Å². The molecule has 0 atom stereocenters. The summed E-state index contributed by atoms with van der Waals surface area (Å²) in [5.41, 5.74) is 6.58. The molecule has 0 saturated carbocycles. The molecule has 1 aromatic heterocycles. The van der Waals surface area contributed by atoms with Gasteiger partial charge in [0, 0.05) is 15.7 Å². The molecular weight excluding hydrogens is 534 g/mol. The maximum Gasteiger partial charge on any atom is 0.211 e. The van der Waals surface area contributed by atoms with Crippen LogP contribution in [0.3, 0.4) is 0 Å². The fraction of sp³-hybridized carbons (Fsp3) is 0. The molecule has 1 heterocycles. The number of hydrogen-bond acceptors (Lipinski definition) is 6. The van der Waals surface area contributed by atoms with Crippen LogP contribution in [0.4, 0.5) is 25.2 Å². The van der Waals surface area contributed by atoms with Gasteiger partial charge in [0.1, 0.15) is 26.4 Å². The van der Waals surface area contributed by atoms with Gasteiger partial charge >= 0.3 is 0 Å². The zero-order chi connectivity index (χ0) is 23.8. The zero-order valence-electron chi connectivity index (χ0n) is 16.7. The van der Waals surface area contributed by atoms with Gasteiger partial charge in [0.05, 0.1) is 10.6 Å². The number of nitrogen functional groups attached to an aromatic ring is 1. The molecule has 0 aliphatic heterocycles. The number of carbonyl (C=O) groups excluding carboxylic acids is 1. The number of hydrogen-bond donors (Lipinski definition) is 2. The number of halogens is 3. The summed E-state index contributed by atoms with van der Waals surface area (Å²) in [6.07, 6.45) is 0. The second-order valence-electron chi connectivity index (χ2n) is 6.93. The van der Waals surface area contributed by atoms with E-state index in [1.54, 1.807) is 12.1 Å². The van der Waals surface area contributed by atoms with E-state index in [0.29, 0.717) is 10.2 Å². The number of rotatable bonds is 6. The van der Waals surface area contributed by atoms with E-state index in [-0.39, 0.29) is 30.9 Å². The molecule has 0 amide bonds. The van der Waals surface area contributed by atoms with Crippen molar-refractivity contribution in [1.29, 1.82) is 0 Å². The van der Waals surface area contributed by atoms with Gasteiger partial charge in [-0.2, -0.15) is 0 Å². The third-order valence-electron chi connectivity index (χ3n) is 4.71. The van der Waals surface area contributed by atoms with Gasteiger partial charge < -0.3 is 11.1 Å². The summed E-state index contributed by atoms with van der Waals surface area (Å²) in [6.45, 7) is 0. The predicted octanol–water partition coefficient (Wildman–Crippen LogP) is 6.18. The molecular formula is C23H15BrF2N2O3S2. The predicted molar refractivity (Wildman–Crippen MR) is 128 cm³/mol. The topological polar surface area (TPSA) is 89.3 Å². The first-order valence-corrected chi connectivity index (χ1v) is 12.5. The first-order valence-electron chi connectivity index (χ1n) is 9.42. The van der Waals surface area contributed by atoms with E-state index >= 15 is 0 Å². The molecule has 3 N–H and O–H groups in total. The number of anilines is 3. The van der Waals surface area contributed by atoms with Gasteiger partial charge in [-0.05, 0) is 72.8 Å². The first kappa shape index (κ1) is 23.1. The molecule has 0 bridgehead atoms. The van der Waals surface area contributed by atoms with Crippen molar-refractivity contribution in [2.45, 2.75) is 9.79 Å². The lowest BCUT2D eigenvalue weighted by Gasteiger charge is -2.10. The third kappa shape index (κ3) is 4.68. The van der Waals surface area contributed by atoms with Crippen LogP contribution in [-0.2, 0) is 9.84 Å². The Bertz CT molecular complexity index is 1440. The molecule has 0 aliphatic carbocycles. The van der Waals surface area contributed by atoms with Crippen molar-refractivity contribution in [3.05, 3.63) is 99.3 Å². The number of ketones is 1. The third-order valence-corrected chi connectivity index (χ3v) is 8.34. The molecule has 4 aromatic rings. The van der Waals surface area contributed by atoms with E-state index in [0.717, 1.165) is 23.5 Å². The van der Waals surface area contributed by atoms with E-state index in [9.17, 15) is 22.0 Å². The van der Waals surface area contributed by atoms with E-state index < -0.39 is 27.3 Å². The van der Waals surface area contributed by atoms with Crippen molar-refractivity contribution in [3.8, 4) is 0 Å². The molecule has 3 aromatic carbocycles. The summed E-state index contributed by atoms with van der Waals surface area (Å²) in [7, 11) is -4.13. The number of carbonyl (C=O) groups is 1. The second-order valence-corrected chi connectivity index (χ2v) is 10.8. The smallest absolute Gasteiger partial charge is 0.211 e. The lowest BCUT2D eigenvalue weighted by atomic mass is 10.1. The molecule has 0 aliphatic rings. The highest BCUT2D eigenvalue weighted by molar-refractivity contribution is 9.10. The van der Waals surface area contributed by atoms with Gasteiger partial charge in [-0.25, -0.2) is 17.2 Å². The van der Waals surface area contributed by atoms with Gasteiger partial charge in [-0.3, -0.25) is 4.79 Å². The van der Waals surface area contributed by atoms with Crippen LogP contribution >= 0.6 is 27.3 Å². The highest BCUT2D eigenvalue weighted by Gasteiger charge is 2.31. The zero-order valence-corrected chi connectivity index (χ0v) is 19.9. The van der Waals surface area contributed by atoms with Crippen molar-refractivity contribution in [3.63, 3.8) is 0 Å². The lowest BCUT2D eigenvalue weighted by Crippen LogP contribution is -2.08. The quantitative estimate of drug-likeness (QED) is 0.281. The SMILES string of the molecule is Nc1c(C(=O)c2ccc(F)cc2)sc(Nc2ccc(F)cc2)c1S(=O)(=O)c1ccc(Br)cc1. The summed E-state index contributed by atoms with van der Waals surface area (Å²) in [5.74, 6) is -1.51. The van der Waals surface area contributed by atoms with Crippen LogP contribution in [0.25, 0.3) is 0 Å². The van der Waals surface area contributed by atoms with Crippen molar-refractivity contribution in [1.82, 2.24) is 0 Å². The fourth-order valence-electron chi connectivity index (χ4n) is 3.07. The summed E-state index contributed by atoms with van der Waals surface area (Å²) in [5, 5.41) is 3.04. The number of benzene rings is 3. The van der Waals surface area contributed by atoms with Crippen LogP contribution in [0, 0.1) is 11.6 Å². The Kier molecular flexibility index (Phi) is 6.33. The van der Waals surface area contributed by atoms with Gasteiger partial charge in [0.15, 0.2) is 0 Å². The largest absolute Gasteiger partial charge is 0.396 e. The van der Waals surface area contributed by atoms with Gasteiger partial charge in [0.2, 0.25) is 15.6 Å². The van der Waals surface area contributed by atoms with Crippen LogP contribution in [0.1, 0.15) is 15.2 Å². The molecule has 168 valence electrons. The molecule has 0 fully saturated rings. The Hall–Kier alpha value is -3.08. The van der Waals surface area contributed by atoms with Crippen molar-refractivity contribution >= 4 is 59.3 Å². The lowest BCUT2D eigenvalue weighted by molar-refractivity contribution is 0.104. The number of sulfone groups is 1. The normalized spacial score (nSPS) is 11.4. The molecule has 0 unspecified atom stereocenters. The van der Waals surface area contributed by atoms with Crippen LogP contribution in [-0.4, -0.2) is 14.2 Å². The van der Waals surface area contributed by atoms with Crippen molar-refractivity contribution in [2.75, 3.05) is 11.1 Å². The first-order chi connectivity index (χ1) is 15.7. The maximum atomic E-state index is 13.5. The Balaban J connectivity index is 1.87. The van der Waals surface area contributed by atoms with Crippen LogP contribution in [0.5, 0.6) is 0 Å². The standard InChI is InChI=1S/C23H15BrF2N2O3S2/c24-14-3-11-18(12-4-14)33(30,31)22-19(27)21(20(29)13-1-5-15(25)6-2-13)32-23(22)28-17-9-7-16(26)8-10-17/h1-12,28H,27H2. The van der Waals surface area contributed by atoms with Gasteiger partial charge in [-0.1, -0.05) is 15.9 Å². The highest BCUT2D eigenvalue weighted by atomic mass is 79.9. The number of nitrogens with two attached hydrogens (primary N) is 1. The Labute approximate surface area is 200 Å². The average Bonchev–Trinajstić information content (AvgIpc) is 3.12. The van der Waals surface area contributed by atoms with E-state index in [2.05, 4.69) is 21.2 Å². The molecule has 33 heavy (non-hydrogen) atoms. The minimum Gasteiger partial charge on any atom is -0.396 e. The van der Waals surface area contributed by atoms with E-state index in [1.165, 1.54) is 48.5 Å². The average molecular weight is 549 g/mol. The van der Waals surface area contributed by atoms with Gasteiger partial charge in [-0.15, -0.1) is 11.3 Å². The summed E-state index contributed by atoms with van der Waals surface area (Å²) in [4.78, 5) is 12.8. The van der Waals surface area contributed by atoms with Crippen LogP contribution < -0.4 is 11.1 Å². The van der Waals surface area contributed by atoms with Crippen LogP contribution in [0.2, 0.25) is 0 Å². The number of thiophene rings is 1. The highest BCUT2D eigenvalue weighted by Crippen LogP contribution is 2.44. The number of nitrogens with one attached hydrogen (secondary N) is 1. The summed E-state index contributed by atoms with van der Waals surface area (Å²) < 4.78 is 54.3. The summed E-state index contributed by atoms with van der Waals surface area (Å²) in [6, 6.07) is 16.1. The molecule has 0 spiro atoms. The Morgan fingerprint density at radius 2 is 1.42 bits per heavy atom. The molecule has 0 radical (unpaired) electrons. The molecule has 0 saturated heterocycles. The minimum absolute atomic E-state index is 0.0121. The van der Waals surface area contributed by atoms with Crippen molar-refractivity contribution in [2.24, 2.45) is 0 Å². The molecule has 5 nitrogen and oxygen atoms in total. The molecule has 4 rings (SSSR count).